The van der Waals surface area contributed by atoms with Crippen molar-refractivity contribution in [1.29, 1.82) is 0 Å². The van der Waals surface area contributed by atoms with E-state index in [1.165, 1.54) is 6.07 Å². The van der Waals surface area contributed by atoms with Crippen LogP contribution in [-0.2, 0) is 0 Å². The summed E-state index contributed by atoms with van der Waals surface area (Å²) in [5, 5.41) is 0.839. The second kappa shape index (κ2) is 5.39. The molecule has 0 aliphatic carbocycles. The second-order valence-electron chi connectivity index (χ2n) is 6.41. The van der Waals surface area contributed by atoms with Crippen LogP contribution in [0, 0.1) is 19.7 Å². The zero-order chi connectivity index (χ0) is 16.0. The van der Waals surface area contributed by atoms with Crippen LogP contribution < -0.4 is 5.73 Å². The molecule has 1 amide bonds. The summed E-state index contributed by atoms with van der Waals surface area (Å²) < 4.78 is 14.8. The number of hydrogen-bond donors (Lipinski definition) is 2. The highest BCUT2D eigenvalue weighted by molar-refractivity contribution is 6.07. The summed E-state index contributed by atoms with van der Waals surface area (Å²) in [6.45, 7) is 5.79. The van der Waals surface area contributed by atoms with Gasteiger partial charge in [-0.2, -0.15) is 0 Å². The summed E-state index contributed by atoms with van der Waals surface area (Å²) >= 11 is 0. The van der Waals surface area contributed by atoms with Crippen LogP contribution in [0.1, 0.15) is 45.9 Å². The first kappa shape index (κ1) is 15.0. The first-order valence-electron chi connectivity index (χ1n) is 7.69. The first-order valence-corrected chi connectivity index (χ1v) is 7.69. The molecule has 0 spiro atoms. The van der Waals surface area contributed by atoms with E-state index in [9.17, 15) is 9.18 Å². The molecule has 0 radical (unpaired) electrons. The van der Waals surface area contributed by atoms with Gasteiger partial charge in [0.1, 0.15) is 5.82 Å². The number of halogens is 1. The number of piperidine rings is 1. The summed E-state index contributed by atoms with van der Waals surface area (Å²) in [7, 11) is 2.06. The molecule has 1 saturated heterocycles. The summed E-state index contributed by atoms with van der Waals surface area (Å²) in [5.41, 5.74) is 9.01. The molecule has 1 fully saturated rings. The lowest BCUT2D eigenvalue weighted by Gasteiger charge is -2.31. The van der Waals surface area contributed by atoms with Gasteiger partial charge in [0.15, 0.2) is 0 Å². The number of nitrogens with one attached hydrogen (secondary N) is 1. The highest BCUT2D eigenvalue weighted by atomic mass is 19.1. The van der Waals surface area contributed by atoms with Crippen LogP contribution in [0.3, 0.4) is 0 Å². The van der Waals surface area contributed by atoms with Gasteiger partial charge in [-0.3, -0.25) is 4.79 Å². The van der Waals surface area contributed by atoms with Gasteiger partial charge in [-0.15, -0.1) is 0 Å². The Hall–Kier alpha value is -1.88. The average molecular weight is 303 g/mol. The van der Waals surface area contributed by atoms with Crippen LogP contribution in [0.15, 0.2) is 6.07 Å². The van der Waals surface area contributed by atoms with Gasteiger partial charge in [0.25, 0.3) is 5.91 Å². The molecule has 0 bridgehead atoms. The number of fused-ring (bicyclic) bond motifs is 1. The number of aryl methyl sites for hydroxylation is 2. The second-order valence-corrected chi connectivity index (χ2v) is 6.41. The number of H-pyrrole nitrogens is 1. The van der Waals surface area contributed by atoms with Crippen molar-refractivity contribution < 1.29 is 9.18 Å². The van der Waals surface area contributed by atoms with Crippen LogP contribution in [0.5, 0.6) is 0 Å². The number of rotatable bonds is 2. The number of nitrogens with two attached hydrogens (primary N) is 1. The lowest BCUT2D eigenvalue weighted by molar-refractivity contribution is 0.100. The van der Waals surface area contributed by atoms with Gasteiger partial charge in [-0.05, 0) is 51.9 Å². The van der Waals surface area contributed by atoms with Crippen LogP contribution in [0.25, 0.3) is 10.9 Å². The van der Waals surface area contributed by atoms with Gasteiger partial charge in [-0.1, -0.05) is 0 Å². The number of benzene rings is 1. The molecule has 3 rings (SSSR count). The molecule has 1 aromatic carbocycles. The van der Waals surface area contributed by atoms with Gasteiger partial charge in [0, 0.05) is 29.1 Å². The van der Waals surface area contributed by atoms with Crippen molar-refractivity contribution in [3.05, 3.63) is 34.3 Å². The van der Waals surface area contributed by atoms with Gasteiger partial charge in [0.2, 0.25) is 0 Å². The van der Waals surface area contributed by atoms with E-state index in [1.54, 1.807) is 0 Å². The Morgan fingerprint density at radius 2 is 2.18 bits per heavy atom. The molecule has 1 unspecified atom stereocenters. The van der Waals surface area contributed by atoms with Gasteiger partial charge >= 0.3 is 0 Å². The summed E-state index contributed by atoms with van der Waals surface area (Å²) in [5.74, 6) is -0.766. The number of primary amides is 1. The third-order valence-electron chi connectivity index (χ3n) is 4.87. The highest BCUT2D eigenvalue weighted by Crippen LogP contribution is 2.37. The van der Waals surface area contributed by atoms with Crippen molar-refractivity contribution in [2.75, 3.05) is 20.1 Å². The lowest BCUT2D eigenvalue weighted by atomic mass is 9.86. The van der Waals surface area contributed by atoms with Crippen molar-refractivity contribution in [2.45, 2.75) is 32.6 Å². The fraction of sp³-hybridized carbons (Fsp3) is 0.471. The van der Waals surface area contributed by atoms with Crippen molar-refractivity contribution >= 4 is 16.8 Å². The van der Waals surface area contributed by atoms with Crippen molar-refractivity contribution in [2.24, 2.45) is 5.73 Å². The Balaban J connectivity index is 2.28. The number of carbonyl (C=O) groups is 1. The average Bonchev–Trinajstić information content (AvgIpc) is 2.74. The fourth-order valence-corrected chi connectivity index (χ4v) is 3.65. The van der Waals surface area contributed by atoms with E-state index in [1.807, 2.05) is 13.8 Å². The largest absolute Gasteiger partial charge is 0.366 e. The maximum absolute atomic E-state index is 14.8. The molecule has 1 aliphatic rings. The molecular weight excluding hydrogens is 281 g/mol. The molecule has 3 N–H and O–H groups in total. The Bertz CT molecular complexity index is 750. The van der Waals surface area contributed by atoms with E-state index in [0.717, 1.165) is 48.1 Å². The maximum Gasteiger partial charge on any atom is 0.250 e. The van der Waals surface area contributed by atoms with E-state index in [0.29, 0.717) is 5.52 Å². The molecule has 5 heteroatoms. The van der Waals surface area contributed by atoms with Crippen LogP contribution in [0.2, 0.25) is 0 Å². The minimum absolute atomic E-state index is 0.150. The van der Waals surface area contributed by atoms with Crippen LogP contribution >= 0.6 is 0 Å². The number of amides is 1. The number of nitrogens with zero attached hydrogens (tertiary/aromatic N) is 1. The van der Waals surface area contributed by atoms with Crippen molar-refractivity contribution in [1.82, 2.24) is 9.88 Å². The summed E-state index contributed by atoms with van der Waals surface area (Å²) in [6, 6.07) is 1.30. The third-order valence-corrected chi connectivity index (χ3v) is 4.87. The molecular formula is C17H22FN3O. The SMILES string of the molecule is Cc1[nH]c2c(C(N)=O)cc(F)c(C3CCCN(C)C3)c2c1C. The van der Waals surface area contributed by atoms with E-state index < -0.39 is 5.91 Å². The zero-order valence-corrected chi connectivity index (χ0v) is 13.3. The molecule has 2 aromatic rings. The number of aromatic nitrogens is 1. The lowest BCUT2D eigenvalue weighted by Crippen LogP contribution is -2.31. The van der Waals surface area contributed by atoms with Crippen molar-refractivity contribution in [3.63, 3.8) is 0 Å². The Morgan fingerprint density at radius 1 is 1.45 bits per heavy atom. The molecule has 22 heavy (non-hydrogen) atoms. The standard InChI is InChI=1S/C17H22FN3O/c1-9-10(2)20-16-12(17(19)22)7-13(18)15(14(9)16)11-5-4-6-21(3)8-11/h7,11,20H,4-6,8H2,1-3H3,(H2,19,22). The fourth-order valence-electron chi connectivity index (χ4n) is 3.65. The smallest absolute Gasteiger partial charge is 0.250 e. The van der Waals surface area contributed by atoms with E-state index in [2.05, 4.69) is 16.9 Å². The topological polar surface area (TPSA) is 62.1 Å². The number of likely N-dealkylation sites (N-methyl/N-ethyl adjacent to an activating group) is 1. The van der Waals surface area contributed by atoms with Gasteiger partial charge in [-0.25, -0.2) is 4.39 Å². The molecule has 1 aromatic heterocycles. The molecule has 1 atom stereocenters. The Labute approximate surface area is 129 Å². The number of carbonyl (C=O) groups excluding carboxylic acids is 1. The number of likely N-dealkylation sites (tertiary alicyclic amines) is 1. The molecule has 0 saturated carbocycles. The van der Waals surface area contributed by atoms with Crippen molar-refractivity contribution in [3.8, 4) is 0 Å². The van der Waals surface area contributed by atoms with E-state index in [4.69, 9.17) is 5.73 Å². The number of hydrogen-bond acceptors (Lipinski definition) is 2. The zero-order valence-electron chi connectivity index (χ0n) is 13.3. The van der Waals surface area contributed by atoms with Crippen LogP contribution in [0.4, 0.5) is 4.39 Å². The summed E-state index contributed by atoms with van der Waals surface area (Å²) in [4.78, 5) is 17.1. The van der Waals surface area contributed by atoms with Gasteiger partial charge in [0.05, 0.1) is 11.1 Å². The highest BCUT2D eigenvalue weighted by Gasteiger charge is 2.27. The maximum atomic E-state index is 14.8. The Kier molecular flexibility index (Phi) is 3.68. The first-order chi connectivity index (χ1) is 10.4. The van der Waals surface area contributed by atoms with Crippen LogP contribution in [-0.4, -0.2) is 35.9 Å². The summed E-state index contributed by atoms with van der Waals surface area (Å²) in [6.07, 6.45) is 2.03. The minimum Gasteiger partial charge on any atom is -0.366 e. The monoisotopic (exact) mass is 303 g/mol. The minimum atomic E-state index is -0.600. The molecule has 1 aliphatic heterocycles. The van der Waals surface area contributed by atoms with E-state index in [-0.39, 0.29) is 17.3 Å². The van der Waals surface area contributed by atoms with Gasteiger partial charge < -0.3 is 15.6 Å². The molecule has 2 heterocycles. The predicted molar refractivity (Wildman–Crippen MR) is 85.7 cm³/mol. The Morgan fingerprint density at radius 3 is 2.82 bits per heavy atom. The number of aromatic amines is 1. The molecule has 4 nitrogen and oxygen atoms in total. The molecule has 118 valence electrons. The normalized spacial score (nSPS) is 19.7. The third kappa shape index (κ3) is 2.29. The van der Waals surface area contributed by atoms with E-state index >= 15 is 0 Å². The quantitative estimate of drug-likeness (QED) is 0.896. The predicted octanol–water partition coefficient (Wildman–Crippen LogP) is 2.83.